The number of amides is 3. The van der Waals surface area contributed by atoms with Crippen LogP contribution in [0.1, 0.15) is 18.1 Å². The van der Waals surface area contributed by atoms with E-state index in [9.17, 15) is 14.4 Å². The van der Waals surface area contributed by atoms with Gasteiger partial charge in [-0.25, -0.2) is 0 Å². The summed E-state index contributed by atoms with van der Waals surface area (Å²) in [4.78, 5) is 39.6. The van der Waals surface area contributed by atoms with E-state index in [0.29, 0.717) is 36.0 Å². The first kappa shape index (κ1) is 26.1. The Bertz CT molecular complexity index is 1560. The molecule has 0 spiro atoms. The largest absolute Gasteiger partial charge is 0.490 e. The Morgan fingerprint density at radius 3 is 2.49 bits per heavy atom. The van der Waals surface area contributed by atoms with E-state index in [4.69, 9.17) is 9.47 Å². The van der Waals surface area contributed by atoms with Gasteiger partial charge in [0.2, 0.25) is 5.91 Å². The van der Waals surface area contributed by atoms with Crippen LogP contribution in [0.15, 0.2) is 95.9 Å². The number of hydrogen-bond donors (Lipinski definition) is 1. The van der Waals surface area contributed by atoms with Crippen LogP contribution < -0.4 is 14.8 Å². The molecule has 39 heavy (non-hydrogen) atoms. The number of hydrogen-bond acceptors (Lipinski definition) is 6. The van der Waals surface area contributed by atoms with Gasteiger partial charge in [0.1, 0.15) is 13.2 Å². The summed E-state index contributed by atoms with van der Waals surface area (Å²) in [5, 5.41) is 4.19. The molecule has 0 aliphatic carbocycles. The number of nitrogens with one attached hydrogen (secondary N) is 1. The van der Waals surface area contributed by atoms with Crippen LogP contribution in [0.2, 0.25) is 0 Å². The van der Waals surface area contributed by atoms with Gasteiger partial charge >= 0.3 is 0 Å². The molecule has 7 nitrogen and oxygen atoms in total. The van der Waals surface area contributed by atoms with Crippen molar-refractivity contribution in [3.05, 3.63) is 107 Å². The molecule has 1 N–H and O–H groups in total. The van der Waals surface area contributed by atoms with Gasteiger partial charge in [-0.2, -0.15) is 0 Å². The van der Waals surface area contributed by atoms with Crippen molar-refractivity contribution in [2.24, 2.45) is 0 Å². The molecule has 196 valence electrons. The van der Waals surface area contributed by atoms with Crippen LogP contribution in [0.5, 0.6) is 11.5 Å². The summed E-state index contributed by atoms with van der Waals surface area (Å²) in [6.07, 6.45) is 1.62. The lowest BCUT2D eigenvalue weighted by atomic mass is 10.1. The molecule has 1 aliphatic heterocycles. The van der Waals surface area contributed by atoms with E-state index in [1.165, 1.54) is 0 Å². The zero-order valence-corrected chi connectivity index (χ0v) is 22.1. The number of ether oxygens (including phenoxy) is 2. The highest BCUT2D eigenvalue weighted by Gasteiger charge is 2.36. The Labute approximate surface area is 230 Å². The van der Waals surface area contributed by atoms with Crippen LogP contribution in [0.3, 0.4) is 0 Å². The maximum Gasteiger partial charge on any atom is 0.294 e. The van der Waals surface area contributed by atoms with Crippen LogP contribution in [0, 0.1) is 0 Å². The van der Waals surface area contributed by atoms with Gasteiger partial charge in [0.25, 0.3) is 11.1 Å². The highest BCUT2D eigenvalue weighted by Crippen LogP contribution is 2.35. The maximum atomic E-state index is 13.0. The Balaban J connectivity index is 1.28. The van der Waals surface area contributed by atoms with E-state index in [0.717, 1.165) is 33.0 Å². The van der Waals surface area contributed by atoms with Crippen molar-refractivity contribution < 1.29 is 23.9 Å². The summed E-state index contributed by atoms with van der Waals surface area (Å²) in [5.74, 6) is 0.154. The minimum absolute atomic E-state index is 0.235. The Morgan fingerprint density at radius 2 is 1.67 bits per heavy atom. The molecular weight excluding hydrogens is 512 g/mol. The van der Waals surface area contributed by atoms with Gasteiger partial charge in [0, 0.05) is 11.1 Å². The van der Waals surface area contributed by atoms with E-state index < -0.39 is 17.1 Å². The first-order chi connectivity index (χ1) is 19.0. The van der Waals surface area contributed by atoms with Crippen molar-refractivity contribution in [1.82, 2.24) is 4.90 Å². The fourth-order valence-electron chi connectivity index (χ4n) is 4.19. The highest BCUT2D eigenvalue weighted by molar-refractivity contribution is 8.18. The summed E-state index contributed by atoms with van der Waals surface area (Å²) in [6.45, 7) is 2.33. The van der Waals surface area contributed by atoms with Crippen LogP contribution in [-0.4, -0.2) is 35.1 Å². The molecule has 0 bridgehead atoms. The summed E-state index contributed by atoms with van der Waals surface area (Å²) in [6, 6.07) is 28.4. The minimum atomic E-state index is -0.513. The SMILES string of the molecule is CCOc1cc(/C=C2/SC(=O)N(CC(=O)Nc3cccc4ccccc34)C2=O)ccc1OCc1ccccc1. The Hall–Kier alpha value is -4.56. The zero-order valence-electron chi connectivity index (χ0n) is 21.3. The molecule has 1 saturated heterocycles. The number of imide groups is 1. The van der Waals surface area contributed by atoms with Crippen LogP contribution in [0.25, 0.3) is 16.8 Å². The van der Waals surface area contributed by atoms with Crippen LogP contribution in [0.4, 0.5) is 10.5 Å². The summed E-state index contributed by atoms with van der Waals surface area (Å²) in [7, 11) is 0. The molecule has 1 aliphatic rings. The van der Waals surface area contributed by atoms with Crippen molar-refractivity contribution in [2.75, 3.05) is 18.5 Å². The average Bonchev–Trinajstić information content (AvgIpc) is 3.20. The smallest absolute Gasteiger partial charge is 0.294 e. The van der Waals surface area contributed by atoms with E-state index in [-0.39, 0.29) is 11.4 Å². The summed E-state index contributed by atoms with van der Waals surface area (Å²) < 4.78 is 11.7. The molecule has 0 radical (unpaired) electrons. The molecule has 1 fully saturated rings. The Kier molecular flexibility index (Phi) is 7.94. The van der Waals surface area contributed by atoms with Gasteiger partial charge in [0.15, 0.2) is 11.5 Å². The normalized spacial score (nSPS) is 14.2. The lowest BCUT2D eigenvalue weighted by molar-refractivity contribution is -0.127. The van der Waals surface area contributed by atoms with Crippen molar-refractivity contribution in [3.8, 4) is 11.5 Å². The quantitative estimate of drug-likeness (QED) is 0.245. The predicted octanol–water partition coefficient (Wildman–Crippen LogP) is 6.49. The van der Waals surface area contributed by atoms with Gasteiger partial charge < -0.3 is 14.8 Å². The van der Waals surface area contributed by atoms with Gasteiger partial charge in [-0.05, 0) is 59.5 Å². The number of carbonyl (C=O) groups excluding carboxylic acids is 3. The average molecular weight is 539 g/mol. The first-order valence-electron chi connectivity index (χ1n) is 12.5. The molecule has 4 aromatic carbocycles. The third kappa shape index (κ3) is 6.13. The Morgan fingerprint density at radius 1 is 0.897 bits per heavy atom. The molecule has 0 aromatic heterocycles. The second-order valence-electron chi connectivity index (χ2n) is 8.76. The monoisotopic (exact) mass is 538 g/mol. The topological polar surface area (TPSA) is 84.9 Å². The molecule has 1 heterocycles. The number of nitrogens with zero attached hydrogens (tertiary/aromatic N) is 1. The minimum Gasteiger partial charge on any atom is -0.490 e. The molecule has 0 saturated carbocycles. The molecular formula is C31H26N2O5S. The third-order valence-electron chi connectivity index (χ3n) is 6.04. The van der Waals surface area contributed by atoms with Crippen molar-refractivity contribution in [1.29, 1.82) is 0 Å². The fourth-order valence-corrected chi connectivity index (χ4v) is 5.03. The van der Waals surface area contributed by atoms with E-state index in [1.54, 1.807) is 30.3 Å². The van der Waals surface area contributed by atoms with Gasteiger partial charge in [-0.15, -0.1) is 0 Å². The van der Waals surface area contributed by atoms with Gasteiger partial charge in [-0.1, -0.05) is 72.8 Å². The molecule has 0 atom stereocenters. The number of rotatable bonds is 9. The zero-order chi connectivity index (χ0) is 27.2. The molecule has 4 aromatic rings. The third-order valence-corrected chi connectivity index (χ3v) is 6.95. The fraction of sp³-hybridized carbons (Fsp3) is 0.129. The van der Waals surface area contributed by atoms with Gasteiger partial charge in [-0.3, -0.25) is 19.3 Å². The number of carbonyl (C=O) groups is 3. The maximum absolute atomic E-state index is 13.0. The molecule has 3 amide bonds. The standard InChI is InChI=1S/C31H26N2O5S/c1-2-37-27-17-22(15-16-26(27)38-20-21-9-4-3-5-10-21)18-28-30(35)33(31(36)39-28)19-29(34)32-25-14-8-12-23-11-6-7-13-24(23)25/h3-18H,2,19-20H2,1H3,(H,32,34)/b28-18+. The highest BCUT2D eigenvalue weighted by atomic mass is 32.2. The van der Waals surface area contributed by atoms with Crippen molar-refractivity contribution >= 4 is 51.4 Å². The van der Waals surface area contributed by atoms with Crippen LogP contribution in [-0.2, 0) is 16.2 Å². The number of anilines is 1. The molecule has 0 unspecified atom stereocenters. The molecule has 5 rings (SSSR count). The van der Waals surface area contributed by atoms with Crippen molar-refractivity contribution in [3.63, 3.8) is 0 Å². The number of benzene rings is 4. The second-order valence-corrected chi connectivity index (χ2v) is 9.75. The van der Waals surface area contributed by atoms with E-state index >= 15 is 0 Å². The lowest BCUT2D eigenvalue weighted by Gasteiger charge is -2.14. The molecule has 8 heteroatoms. The van der Waals surface area contributed by atoms with Crippen molar-refractivity contribution in [2.45, 2.75) is 13.5 Å². The van der Waals surface area contributed by atoms with E-state index in [2.05, 4.69) is 5.32 Å². The summed E-state index contributed by atoms with van der Waals surface area (Å²) >= 11 is 0.805. The van der Waals surface area contributed by atoms with Gasteiger partial charge in [0.05, 0.1) is 11.5 Å². The second kappa shape index (κ2) is 11.9. The first-order valence-corrected chi connectivity index (χ1v) is 13.3. The predicted molar refractivity (Wildman–Crippen MR) is 154 cm³/mol. The number of thioether (sulfide) groups is 1. The van der Waals surface area contributed by atoms with Crippen LogP contribution >= 0.6 is 11.8 Å². The number of fused-ring (bicyclic) bond motifs is 1. The lowest BCUT2D eigenvalue weighted by Crippen LogP contribution is -2.36. The van der Waals surface area contributed by atoms with E-state index in [1.807, 2.05) is 73.7 Å². The summed E-state index contributed by atoms with van der Waals surface area (Å²) in [5.41, 5.74) is 2.33.